The summed E-state index contributed by atoms with van der Waals surface area (Å²) in [6.45, 7) is 9.12. The summed E-state index contributed by atoms with van der Waals surface area (Å²) in [6, 6.07) is 13.5. The minimum Gasteiger partial charge on any atom is -0.366 e. The molecule has 0 fully saturated rings. The van der Waals surface area contributed by atoms with Crippen molar-refractivity contribution in [3.63, 3.8) is 0 Å². The van der Waals surface area contributed by atoms with Gasteiger partial charge in [0.25, 0.3) is 11.8 Å². The van der Waals surface area contributed by atoms with Gasteiger partial charge in [0.05, 0.1) is 22.4 Å². The number of fused-ring (bicyclic) bond motifs is 2. The number of aliphatic imine (C=N–C) groups is 1. The average Bonchev–Trinajstić information content (AvgIpc) is 3.84. The van der Waals surface area contributed by atoms with Crippen LogP contribution in [0.15, 0.2) is 65.7 Å². The summed E-state index contributed by atoms with van der Waals surface area (Å²) in [6.07, 6.45) is 4.15. The van der Waals surface area contributed by atoms with E-state index >= 15 is 0 Å². The molecular formula is C35H37N11O4. The minimum absolute atomic E-state index is 0.277. The number of amides is 4. The Bertz CT molecular complexity index is 2240. The Morgan fingerprint density at radius 1 is 0.840 bits per heavy atom. The minimum atomic E-state index is -0.590. The van der Waals surface area contributed by atoms with Gasteiger partial charge in [-0.1, -0.05) is 12.2 Å². The highest BCUT2D eigenvalue weighted by atomic mass is 16.2. The molecule has 0 saturated carbocycles. The second-order valence-corrected chi connectivity index (χ2v) is 11.8. The lowest BCUT2D eigenvalue weighted by atomic mass is 10.1. The van der Waals surface area contributed by atoms with E-state index in [4.69, 9.17) is 11.5 Å². The largest absolute Gasteiger partial charge is 0.366 e. The highest BCUT2D eigenvalue weighted by molar-refractivity contribution is 6.12. The van der Waals surface area contributed by atoms with Crippen molar-refractivity contribution in [2.75, 3.05) is 16.8 Å². The summed E-state index contributed by atoms with van der Waals surface area (Å²) in [5.74, 6) is -1.14. The first-order valence-corrected chi connectivity index (χ1v) is 16.1. The van der Waals surface area contributed by atoms with Gasteiger partial charge in [-0.15, -0.1) is 0 Å². The van der Waals surface area contributed by atoms with Crippen molar-refractivity contribution < 1.29 is 19.2 Å². The van der Waals surface area contributed by atoms with E-state index in [1.165, 1.54) is 0 Å². The number of aryl methyl sites for hydroxylation is 4. The molecule has 0 saturated heterocycles. The Hall–Kier alpha value is -6.38. The maximum absolute atomic E-state index is 13.4. The Balaban J connectivity index is 1.30. The van der Waals surface area contributed by atoms with Crippen LogP contribution >= 0.6 is 0 Å². The molecule has 0 atom stereocenters. The summed E-state index contributed by atoms with van der Waals surface area (Å²) in [7, 11) is 0. The third-order valence-corrected chi connectivity index (χ3v) is 8.40. The van der Waals surface area contributed by atoms with Gasteiger partial charge in [-0.3, -0.25) is 33.9 Å². The van der Waals surface area contributed by atoms with E-state index in [0.717, 1.165) is 16.9 Å². The quantitative estimate of drug-likeness (QED) is 0.177. The predicted molar refractivity (Wildman–Crippen MR) is 188 cm³/mol. The molecule has 1 aliphatic heterocycles. The summed E-state index contributed by atoms with van der Waals surface area (Å²) < 4.78 is 5.05. The topological polar surface area (TPSA) is 201 Å². The van der Waals surface area contributed by atoms with Crippen LogP contribution in [0.5, 0.6) is 0 Å². The van der Waals surface area contributed by atoms with E-state index < -0.39 is 17.7 Å². The first kappa shape index (κ1) is 33.5. The number of hydrogen-bond donors (Lipinski definition) is 3. The van der Waals surface area contributed by atoms with Gasteiger partial charge < -0.3 is 20.9 Å². The molecule has 4 heterocycles. The van der Waals surface area contributed by atoms with Gasteiger partial charge in [-0.2, -0.15) is 15.2 Å². The molecule has 0 bridgehead atoms. The number of nitrogens with two attached hydrogens (primary N) is 2. The van der Waals surface area contributed by atoms with E-state index in [9.17, 15) is 19.2 Å². The van der Waals surface area contributed by atoms with Crippen LogP contribution in [-0.2, 0) is 26.1 Å². The van der Waals surface area contributed by atoms with Crippen molar-refractivity contribution in [3.8, 4) is 0 Å². The SMILES string of the molecule is CCn1nc(C)cc1C(=O)N=C1Cc2cc(C(N)=O)ccc2N1C/C=C/Cn1c(NC(=O)c2cc(C)nn2CC)nc2cc(C(N)=O)ccc21. The van der Waals surface area contributed by atoms with Crippen LogP contribution in [0, 0.1) is 13.8 Å². The molecule has 2 aromatic carbocycles. The number of amidine groups is 1. The molecule has 6 rings (SSSR count). The number of carbonyl (C=O) groups is 4. The number of allylic oxidation sites excluding steroid dienone is 1. The van der Waals surface area contributed by atoms with Crippen LogP contribution < -0.4 is 21.7 Å². The van der Waals surface area contributed by atoms with Crippen molar-refractivity contribution in [1.82, 2.24) is 29.1 Å². The third-order valence-electron chi connectivity index (χ3n) is 8.40. The molecule has 0 spiro atoms. The molecule has 1 aliphatic rings. The van der Waals surface area contributed by atoms with Crippen molar-refractivity contribution in [2.45, 2.75) is 53.8 Å². The second kappa shape index (κ2) is 13.6. The summed E-state index contributed by atoms with van der Waals surface area (Å²) >= 11 is 0. The summed E-state index contributed by atoms with van der Waals surface area (Å²) in [4.78, 5) is 61.6. The van der Waals surface area contributed by atoms with Crippen molar-refractivity contribution in [2.24, 2.45) is 16.5 Å². The standard InChI is InChI=1S/C35H37N11O4/c1-5-45-28(15-20(3)41-45)33(49)39-30-19-24-17-22(31(36)47)9-11-26(24)43(30)13-7-8-14-44-27-12-10-23(32(37)48)18-25(27)38-35(44)40-34(50)29-16-21(4)42-46(29)6-2/h7-12,15-18H,5-6,13-14,19H2,1-4H3,(H2,36,47)(H2,37,48)(H,38,40,50)/b8-7+,39-30?. The number of nitrogens with zero attached hydrogens (tertiary/aromatic N) is 8. The lowest BCUT2D eigenvalue weighted by Crippen LogP contribution is -2.28. The Morgan fingerprint density at radius 3 is 2.14 bits per heavy atom. The number of benzene rings is 2. The molecule has 3 aromatic heterocycles. The van der Waals surface area contributed by atoms with Gasteiger partial charge in [-0.25, -0.2) is 4.98 Å². The summed E-state index contributed by atoms with van der Waals surface area (Å²) in [5.41, 5.74) is 16.7. The first-order chi connectivity index (χ1) is 24.0. The third kappa shape index (κ3) is 6.52. The van der Waals surface area contributed by atoms with E-state index in [2.05, 4.69) is 25.5 Å². The Morgan fingerprint density at radius 2 is 1.46 bits per heavy atom. The monoisotopic (exact) mass is 675 g/mol. The fraction of sp³-hybridized carbons (Fsp3) is 0.257. The number of imidazole rings is 1. The average molecular weight is 676 g/mol. The zero-order chi connectivity index (χ0) is 35.7. The maximum atomic E-state index is 13.4. The molecule has 0 unspecified atom stereocenters. The van der Waals surface area contributed by atoms with E-state index in [1.807, 2.05) is 49.3 Å². The van der Waals surface area contributed by atoms with Gasteiger partial charge in [0.15, 0.2) is 0 Å². The number of anilines is 2. The fourth-order valence-electron chi connectivity index (χ4n) is 6.04. The highest BCUT2D eigenvalue weighted by Gasteiger charge is 2.27. The van der Waals surface area contributed by atoms with Crippen LogP contribution in [0.3, 0.4) is 0 Å². The number of primary amides is 2. The van der Waals surface area contributed by atoms with Gasteiger partial charge in [0, 0.05) is 49.4 Å². The van der Waals surface area contributed by atoms with Crippen LogP contribution in [0.4, 0.5) is 11.6 Å². The molecule has 5 N–H and O–H groups in total. The van der Waals surface area contributed by atoms with Crippen LogP contribution in [-0.4, -0.2) is 65.1 Å². The van der Waals surface area contributed by atoms with Crippen LogP contribution in [0.1, 0.15) is 72.5 Å². The number of aromatic nitrogens is 6. The molecule has 4 amide bonds. The smallest absolute Gasteiger partial charge is 0.296 e. The number of carbonyl (C=O) groups excluding carboxylic acids is 4. The second-order valence-electron chi connectivity index (χ2n) is 11.8. The normalized spacial score (nSPS) is 13.4. The molecule has 15 heteroatoms. The molecule has 5 aromatic rings. The van der Waals surface area contributed by atoms with Crippen molar-refractivity contribution in [3.05, 3.63) is 100 Å². The van der Waals surface area contributed by atoms with Crippen molar-refractivity contribution in [1.29, 1.82) is 0 Å². The molecule has 15 nitrogen and oxygen atoms in total. The van der Waals surface area contributed by atoms with E-state index in [0.29, 0.717) is 77.7 Å². The van der Waals surface area contributed by atoms with Gasteiger partial charge in [-0.05, 0) is 81.8 Å². The Kier molecular flexibility index (Phi) is 9.13. The lowest BCUT2D eigenvalue weighted by molar-refractivity contribution is 0.0986. The molecule has 50 heavy (non-hydrogen) atoms. The van der Waals surface area contributed by atoms with Crippen LogP contribution in [0.2, 0.25) is 0 Å². The number of rotatable bonds is 11. The highest BCUT2D eigenvalue weighted by Crippen LogP contribution is 2.31. The molecule has 0 aliphatic carbocycles. The lowest BCUT2D eigenvalue weighted by Gasteiger charge is -2.18. The Labute approximate surface area is 287 Å². The van der Waals surface area contributed by atoms with Gasteiger partial charge in [0.2, 0.25) is 17.8 Å². The zero-order valence-electron chi connectivity index (χ0n) is 28.2. The van der Waals surface area contributed by atoms with Crippen molar-refractivity contribution >= 4 is 52.1 Å². The predicted octanol–water partition coefficient (Wildman–Crippen LogP) is 3.39. The fourth-order valence-corrected chi connectivity index (χ4v) is 6.04. The van der Waals surface area contributed by atoms with E-state index in [-0.39, 0.29) is 11.9 Å². The molecular weight excluding hydrogens is 638 g/mol. The first-order valence-electron chi connectivity index (χ1n) is 16.1. The number of nitrogens with one attached hydrogen (secondary N) is 1. The zero-order valence-corrected chi connectivity index (χ0v) is 28.2. The number of hydrogen-bond acceptors (Lipinski definition) is 7. The van der Waals surface area contributed by atoms with E-state index in [1.54, 1.807) is 57.9 Å². The van der Waals surface area contributed by atoms with Crippen LogP contribution in [0.25, 0.3) is 11.0 Å². The van der Waals surface area contributed by atoms with Gasteiger partial charge in [0.1, 0.15) is 17.2 Å². The van der Waals surface area contributed by atoms with Gasteiger partial charge >= 0.3 is 0 Å². The molecule has 256 valence electrons. The summed E-state index contributed by atoms with van der Waals surface area (Å²) in [5, 5.41) is 11.7. The molecule has 0 radical (unpaired) electrons. The maximum Gasteiger partial charge on any atom is 0.296 e.